The van der Waals surface area contributed by atoms with Gasteiger partial charge in [0.25, 0.3) is 0 Å². The second-order valence-electron chi connectivity index (χ2n) is 14.2. The van der Waals surface area contributed by atoms with Crippen molar-refractivity contribution >= 4 is 11.8 Å². The molecular weight excluding hydrogens is 638 g/mol. The Hall–Kier alpha value is -2.04. The number of ketones is 1. The van der Waals surface area contributed by atoms with Crippen molar-refractivity contribution in [3.8, 4) is 0 Å². The molecule has 0 aliphatic carbocycles. The molecule has 0 aromatic heterocycles. The number of esters is 1. The third kappa shape index (κ3) is 10.7. The number of hydrogen-bond acceptors (Lipinski definition) is 13. The molecule has 13 nitrogen and oxygen atoms in total. The first-order valence-corrected chi connectivity index (χ1v) is 17.3. The maximum absolute atomic E-state index is 13.2. The van der Waals surface area contributed by atoms with Crippen molar-refractivity contribution in [3.05, 3.63) is 36.5 Å². The third-order valence-electron chi connectivity index (χ3n) is 9.87. The molecular formula is C36H59NO12. The lowest BCUT2D eigenvalue weighted by Gasteiger charge is -2.43. The summed E-state index contributed by atoms with van der Waals surface area (Å²) < 4.78 is 35.3. The maximum atomic E-state index is 13.2. The average Bonchev–Trinajstić information content (AvgIpc) is 3.05. The zero-order chi connectivity index (χ0) is 36.6. The van der Waals surface area contributed by atoms with Gasteiger partial charge in [0.1, 0.15) is 36.1 Å². The van der Waals surface area contributed by atoms with Gasteiger partial charge in [0, 0.05) is 31.1 Å². The Kier molecular flexibility index (Phi) is 15.6. The number of carbonyl (C=O) groups is 2. The lowest BCUT2D eigenvalue weighted by Crippen LogP contribution is -2.59. The van der Waals surface area contributed by atoms with E-state index in [1.807, 2.05) is 46.7 Å². The van der Waals surface area contributed by atoms with E-state index in [1.165, 1.54) is 37.5 Å². The summed E-state index contributed by atoms with van der Waals surface area (Å²) in [5.74, 6) is -1.73. The van der Waals surface area contributed by atoms with E-state index < -0.39 is 73.5 Å². The smallest absolute Gasteiger partial charge is 0.330 e. The van der Waals surface area contributed by atoms with Crippen LogP contribution in [0.5, 0.6) is 0 Å². The van der Waals surface area contributed by atoms with E-state index in [0.29, 0.717) is 12.8 Å². The Morgan fingerprint density at radius 3 is 2.24 bits per heavy atom. The summed E-state index contributed by atoms with van der Waals surface area (Å²) in [5.41, 5.74) is -1.89. The Balaban J connectivity index is 1.89. The zero-order valence-corrected chi connectivity index (χ0v) is 30.4. The number of cyclic esters (lactones) is 1. The van der Waals surface area contributed by atoms with Gasteiger partial charge in [-0.05, 0) is 65.3 Å². The van der Waals surface area contributed by atoms with E-state index in [9.17, 15) is 30.0 Å². The number of aliphatic hydroxyl groups excluding tert-OH is 3. The zero-order valence-electron chi connectivity index (χ0n) is 30.4. The van der Waals surface area contributed by atoms with E-state index in [-0.39, 0.29) is 42.1 Å². The fraction of sp³-hybridized carbons (Fsp3) is 0.778. The van der Waals surface area contributed by atoms with Gasteiger partial charge in [-0.15, -0.1) is 0 Å². The van der Waals surface area contributed by atoms with Gasteiger partial charge in [0.2, 0.25) is 0 Å². The Bertz CT molecular complexity index is 1160. The lowest BCUT2D eigenvalue weighted by molar-refractivity contribution is -0.306. The predicted octanol–water partition coefficient (Wildman–Crippen LogP) is 1.90. The Labute approximate surface area is 290 Å². The van der Waals surface area contributed by atoms with Gasteiger partial charge >= 0.3 is 5.97 Å². The number of nitrogens with zero attached hydrogens (tertiary/aromatic N) is 1. The van der Waals surface area contributed by atoms with Crippen molar-refractivity contribution < 1.29 is 58.4 Å². The van der Waals surface area contributed by atoms with Gasteiger partial charge in [0.05, 0.1) is 24.9 Å². The summed E-state index contributed by atoms with van der Waals surface area (Å²) in [6.07, 6.45) is 0.995. The van der Waals surface area contributed by atoms with Gasteiger partial charge < -0.3 is 53.7 Å². The van der Waals surface area contributed by atoms with Gasteiger partial charge in [-0.2, -0.15) is 0 Å². The molecule has 15 atom stereocenters. The van der Waals surface area contributed by atoms with Crippen LogP contribution in [0, 0.1) is 17.8 Å². The molecule has 0 aromatic carbocycles. The molecule has 0 aromatic rings. The Morgan fingerprint density at radius 1 is 0.918 bits per heavy atom. The highest BCUT2D eigenvalue weighted by Crippen LogP contribution is 2.32. The molecule has 0 amide bonds. The summed E-state index contributed by atoms with van der Waals surface area (Å²) in [5, 5.41) is 43.8. The molecule has 3 aliphatic heterocycles. The van der Waals surface area contributed by atoms with E-state index in [4.69, 9.17) is 28.4 Å². The number of likely N-dealkylation sites (N-methyl/N-ethyl adjacent to an activating group) is 1. The molecule has 3 rings (SSSR count). The number of rotatable bonds is 8. The van der Waals surface area contributed by atoms with Crippen molar-refractivity contribution in [1.29, 1.82) is 0 Å². The minimum atomic E-state index is -1.89. The van der Waals surface area contributed by atoms with Crippen molar-refractivity contribution in [1.82, 2.24) is 4.90 Å². The Morgan fingerprint density at radius 2 is 1.61 bits per heavy atom. The van der Waals surface area contributed by atoms with Crippen LogP contribution in [-0.4, -0.2) is 138 Å². The summed E-state index contributed by atoms with van der Waals surface area (Å²) in [4.78, 5) is 28.4. The fourth-order valence-corrected chi connectivity index (χ4v) is 6.84. The normalized spacial score (nSPS) is 45.1. The van der Waals surface area contributed by atoms with Gasteiger partial charge in [-0.1, -0.05) is 45.9 Å². The number of allylic oxidation sites excluding steroid dienone is 3. The molecule has 280 valence electrons. The van der Waals surface area contributed by atoms with Crippen molar-refractivity contribution in [3.63, 3.8) is 0 Å². The molecule has 0 spiro atoms. The molecule has 0 radical (unpaired) electrons. The van der Waals surface area contributed by atoms with Gasteiger partial charge in [0.15, 0.2) is 18.4 Å². The van der Waals surface area contributed by atoms with Crippen LogP contribution in [0.15, 0.2) is 36.5 Å². The monoisotopic (exact) mass is 697 g/mol. The van der Waals surface area contributed by atoms with E-state index in [1.54, 1.807) is 19.9 Å². The van der Waals surface area contributed by atoms with Crippen LogP contribution in [-0.2, 0) is 38.0 Å². The maximum Gasteiger partial charge on any atom is 0.330 e. The highest BCUT2D eigenvalue weighted by Gasteiger charge is 2.46. The first kappa shape index (κ1) is 41.4. The van der Waals surface area contributed by atoms with Crippen LogP contribution in [0.4, 0.5) is 0 Å². The van der Waals surface area contributed by atoms with Crippen molar-refractivity contribution in [2.75, 3.05) is 27.8 Å². The highest BCUT2D eigenvalue weighted by molar-refractivity contribution is 5.91. The van der Waals surface area contributed by atoms with E-state index in [0.717, 1.165) is 0 Å². The number of methoxy groups -OCH3 is 1. The third-order valence-corrected chi connectivity index (χ3v) is 9.87. The fourth-order valence-electron chi connectivity index (χ4n) is 6.84. The SMILES string of the molecule is CC[C@@H]1OC(=O)/C=C/[C@H](C)[C@H](O[C@H]2O[C@H](C)C[C@@H](N(C)C)[C@@H]2O)[C@H](C)C[C@@H](C)C(=O)/C=C/C=C/[C@@]1(O)CO[C@H]1O[C@H](C)[C@@H](O)[C@H](O)[C@H]1OC. The van der Waals surface area contributed by atoms with Gasteiger partial charge in [-0.25, -0.2) is 4.79 Å². The van der Waals surface area contributed by atoms with Gasteiger partial charge in [-0.3, -0.25) is 4.79 Å². The van der Waals surface area contributed by atoms with Crippen LogP contribution in [0.1, 0.15) is 60.8 Å². The minimum Gasteiger partial charge on any atom is -0.456 e. The van der Waals surface area contributed by atoms with Crippen LogP contribution >= 0.6 is 0 Å². The largest absolute Gasteiger partial charge is 0.456 e. The number of carbonyl (C=O) groups excluding carboxylic acids is 2. The van der Waals surface area contributed by atoms with Crippen molar-refractivity contribution in [2.45, 2.75) is 134 Å². The highest BCUT2D eigenvalue weighted by atomic mass is 16.7. The van der Waals surface area contributed by atoms with Crippen LogP contribution in [0.25, 0.3) is 0 Å². The lowest BCUT2D eigenvalue weighted by atomic mass is 9.84. The number of hydrogen-bond donors (Lipinski definition) is 4. The first-order chi connectivity index (χ1) is 23.0. The van der Waals surface area contributed by atoms with E-state index in [2.05, 4.69) is 0 Å². The van der Waals surface area contributed by atoms with E-state index >= 15 is 0 Å². The topological polar surface area (TPSA) is 174 Å². The minimum absolute atomic E-state index is 0.126. The second-order valence-corrected chi connectivity index (χ2v) is 14.2. The van der Waals surface area contributed by atoms with Crippen LogP contribution < -0.4 is 0 Å². The molecule has 3 heterocycles. The molecule has 2 saturated heterocycles. The first-order valence-electron chi connectivity index (χ1n) is 17.3. The molecule has 0 saturated carbocycles. The summed E-state index contributed by atoms with van der Waals surface area (Å²) in [6, 6.07) is -0.173. The molecule has 13 heteroatoms. The molecule has 0 bridgehead atoms. The summed E-state index contributed by atoms with van der Waals surface area (Å²) in [7, 11) is 5.14. The number of aliphatic hydroxyl groups is 4. The van der Waals surface area contributed by atoms with Crippen LogP contribution in [0.2, 0.25) is 0 Å². The molecule has 4 N–H and O–H groups in total. The number of ether oxygens (including phenoxy) is 6. The molecule has 49 heavy (non-hydrogen) atoms. The summed E-state index contributed by atoms with van der Waals surface area (Å²) >= 11 is 0. The second kappa shape index (κ2) is 18.5. The predicted molar refractivity (Wildman–Crippen MR) is 180 cm³/mol. The molecule has 3 aliphatic rings. The molecule has 0 unspecified atom stereocenters. The standard InChI is InChI=1S/C36H59NO12/c1-10-27-36(43,19-45-35-33(44-9)31(42)29(40)24(6)47-35)16-12-11-13-26(38)21(3)17-22(4)32(20(2)14-15-28(39)48-27)49-34-30(41)25(37(7)8)18-23(5)46-34/h11-16,20-25,27,29-35,40-43H,10,17-19H2,1-9H3/b13-11+,15-14+,16-12+/t20-,21+,22+,23+,24+,25+,27-,29+,30-,31-,32-,33+,34+,35-,36+/m0/s1. The average molecular weight is 698 g/mol. The molecule has 2 fully saturated rings. The summed E-state index contributed by atoms with van der Waals surface area (Å²) in [6.45, 7) is 10.5. The van der Waals surface area contributed by atoms with Crippen LogP contribution in [0.3, 0.4) is 0 Å². The van der Waals surface area contributed by atoms with Crippen molar-refractivity contribution in [2.24, 2.45) is 17.8 Å². The quantitative estimate of drug-likeness (QED) is 0.271.